The molecule has 3 rings (SSSR count). The number of aromatic nitrogens is 2. The fourth-order valence-electron chi connectivity index (χ4n) is 2.00. The van der Waals surface area contributed by atoms with Crippen LogP contribution in [0.15, 0.2) is 12.1 Å². The third kappa shape index (κ3) is 1.24. The summed E-state index contributed by atoms with van der Waals surface area (Å²) in [5.41, 5.74) is 1.24. The second-order valence-electron chi connectivity index (χ2n) is 4.02. The lowest BCUT2D eigenvalue weighted by Gasteiger charge is -2.03. The van der Waals surface area contributed by atoms with Crippen LogP contribution >= 0.6 is 0 Å². The number of imidazole rings is 1. The maximum Gasteiger partial charge on any atom is 0.161 e. The molecule has 1 saturated carbocycles. The summed E-state index contributed by atoms with van der Waals surface area (Å²) in [4.78, 5) is 4.23. The summed E-state index contributed by atoms with van der Waals surface area (Å²) in [6, 6.07) is 2.83. The van der Waals surface area contributed by atoms with E-state index in [0.29, 0.717) is 17.1 Å². The summed E-state index contributed by atoms with van der Waals surface area (Å²) in [6.45, 7) is 1.87. The van der Waals surface area contributed by atoms with Crippen LogP contribution in [0, 0.1) is 18.6 Å². The Morgan fingerprint density at radius 2 is 1.93 bits per heavy atom. The van der Waals surface area contributed by atoms with Crippen molar-refractivity contribution in [2.45, 2.75) is 25.8 Å². The van der Waals surface area contributed by atoms with Gasteiger partial charge < -0.3 is 4.57 Å². The summed E-state index contributed by atoms with van der Waals surface area (Å²) in [5, 5.41) is 0. The summed E-state index contributed by atoms with van der Waals surface area (Å²) in [7, 11) is 0. The molecule has 0 aliphatic heterocycles. The molecule has 1 heterocycles. The second kappa shape index (κ2) is 2.78. The Balaban J connectivity index is 2.34. The summed E-state index contributed by atoms with van der Waals surface area (Å²) >= 11 is 0. The van der Waals surface area contributed by atoms with Crippen LogP contribution in [0.5, 0.6) is 0 Å². The first-order valence-electron chi connectivity index (χ1n) is 5.00. The van der Waals surface area contributed by atoms with E-state index in [1.54, 1.807) is 0 Å². The zero-order chi connectivity index (χ0) is 10.6. The summed E-state index contributed by atoms with van der Waals surface area (Å²) in [6.07, 6.45) is 2.20. The molecule has 0 N–H and O–H groups in total. The zero-order valence-corrected chi connectivity index (χ0v) is 8.30. The fourth-order valence-corrected chi connectivity index (χ4v) is 2.00. The van der Waals surface area contributed by atoms with E-state index >= 15 is 0 Å². The molecular formula is C11H10F2N2. The monoisotopic (exact) mass is 208 g/mol. The number of nitrogens with zero attached hydrogens (tertiary/aromatic N) is 2. The van der Waals surface area contributed by atoms with Crippen molar-refractivity contribution in [3.8, 4) is 0 Å². The molecule has 0 radical (unpaired) electrons. The topological polar surface area (TPSA) is 17.8 Å². The Morgan fingerprint density at radius 1 is 1.27 bits per heavy atom. The Bertz CT molecular complexity index is 541. The van der Waals surface area contributed by atoms with E-state index < -0.39 is 11.6 Å². The van der Waals surface area contributed by atoms with Crippen LogP contribution in [0.1, 0.15) is 24.7 Å². The van der Waals surface area contributed by atoms with E-state index in [9.17, 15) is 8.78 Å². The third-order valence-electron chi connectivity index (χ3n) is 2.82. The van der Waals surface area contributed by atoms with Gasteiger partial charge in [-0.25, -0.2) is 13.8 Å². The largest absolute Gasteiger partial charge is 0.325 e. The van der Waals surface area contributed by atoms with Crippen molar-refractivity contribution >= 4 is 11.0 Å². The van der Waals surface area contributed by atoms with Crippen molar-refractivity contribution in [1.29, 1.82) is 0 Å². The second-order valence-corrected chi connectivity index (χ2v) is 4.02. The predicted molar refractivity (Wildman–Crippen MR) is 52.7 cm³/mol. The van der Waals surface area contributed by atoms with E-state index in [-0.39, 0.29) is 0 Å². The minimum Gasteiger partial charge on any atom is -0.325 e. The molecule has 0 unspecified atom stereocenters. The standard InChI is InChI=1S/C11H10F2N2/c1-6-14-10-4-8(12)9(13)5-11(10)15(6)7-2-3-7/h4-5,7H,2-3H2,1H3. The van der Waals surface area contributed by atoms with Crippen LogP contribution in [0.4, 0.5) is 8.78 Å². The molecule has 1 aliphatic rings. The van der Waals surface area contributed by atoms with Crippen molar-refractivity contribution in [3.63, 3.8) is 0 Å². The first-order valence-corrected chi connectivity index (χ1v) is 5.00. The van der Waals surface area contributed by atoms with E-state index in [4.69, 9.17) is 0 Å². The highest BCUT2D eigenvalue weighted by Gasteiger charge is 2.27. The fraction of sp³-hybridized carbons (Fsp3) is 0.364. The first-order chi connectivity index (χ1) is 7.16. The molecule has 1 aliphatic carbocycles. The van der Waals surface area contributed by atoms with E-state index in [2.05, 4.69) is 4.98 Å². The average molecular weight is 208 g/mol. The number of aryl methyl sites for hydroxylation is 1. The lowest BCUT2D eigenvalue weighted by Crippen LogP contribution is -1.96. The average Bonchev–Trinajstić information content (AvgIpc) is 2.93. The van der Waals surface area contributed by atoms with Gasteiger partial charge in [-0.05, 0) is 19.8 Å². The Labute approximate surface area is 85.5 Å². The summed E-state index contributed by atoms with van der Waals surface area (Å²) < 4.78 is 28.1. The minimum absolute atomic E-state index is 0.430. The number of fused-ring (bicyclic) bond motifs is 1. The van der Waals surface area contributed by atoms with Gasteiger partial charge in [-0.15, -0.1) is 0 Å². The van der Waals surface area contributed by atoms with Crippen LogP contribution in [0.3, 0.4) is 0 Å². The van der Waals surface area contributed by atoms with Gasteiger partial charge in [-0.2, -0.15) is 0 Å². The summed E-state index contributed by atoms with van der Waals surface area (Å²) in [5.74, 6) is -0.801. The predicted octanol–water partition coefficient (Wildman–Crippen LogP) is 2.96. The lowest BCUT2D eigenvalue weighted by molar-refractivity contribution is 0.510. The van der Waals surface area contributed by atoms with Crippen molar-refractivity contribution in [2.75, 3.05) is 0 Å². The van der Waals surface area contributed by atoms with E-state index in [0.717, 1.165) is 24.7 Å². The Morgan fingerprint density at radius 3 is 2.60 bits per heavy atom. The zero-order valence-electron chi connectivity index (χ0n) is 8.30. The molecule has 1 aromatic carbocycles. The highest BCUT2D eigenvalue weighted by atomic mass is 19.2. The van der Waals surface area contributed by atoms with Crippen molar-refractivity contribution < 1.29 is 8.78 Å². The lowest BCUT2D eigenvalue weighted by atomic mass is 10.3. The van der Waals surface area contributed by atoms with Crippen LogP contribution in [0.25, 0.3) is 11.0 Å². The van der Waals surface area contributed by atoms with Crippen LogP contribution in [0.2, 0.25) is 0 Å². The van der Waals surface area contributed by atoms with Gasteiger partial charge in [0.05, 0.1) is 11.0 Å². The number of hydrogen-bond acceptors (Lipinski definition) is 1. The molecule has 0 saturated heterocycles. The van der Waals surface area contributed by atoms with Crippen LogP contribution < -0.4 is 0 Å². The SMILES string of the molecule is Cc1nc2cc(F)c(F)cc2n1C1CC1. The third-order valence-corrected chi connectivity index (χ3v) is 2.82. The van der Waals surface area contributed by atoms with Gasteiger partial charge in [-0.3, -0.25) is 0 Å². The molecule has 1 aromatic heterocycles. The minimum atomic E-state index is -0.831. The maximum atomic E-state index is 13.1. The first kappa shape index (κ1) is 8.83. The number of hydrogen-bond donors (Lipinski definition) is 0. The number of rotatable bonds is 1. The van der Waals surface area contributed by atoms with Crippen molar-refractivity contribution in [2.24, 2.45) is 0 Å². The number of halogens is 2. The molecule has 0 amide bonds. The number of benzene rings is 1. The highest BCUT2D eigenvalue weighted by Crippen LogP contribution is 2.38. The molecule has 15 heavy (non-hydrogen) atoms. The van der Waals surface area contributed by atoms with Gasteiger partial charge in [0, 0.05) is 18.2 Å². The van der Waals surface area contributed by atoms with E-state index in [1.165, 1.54) is 6.07 Å². The molecule has 78 valence electrons. The van der Waals surface area contributed by atoms with Crippen LogP contribution in [-0.4, -0.2) is 9.55 Å². The van der Waals surface area contributed by atoms with Crippen LogP contribution in [-0.2, 0) is 0 Å². The normalized spacial score (nSPS) is 16.2. The van der Waals surface area contributed by atoms with Crippen molar-refractivity contribution in [3.05, 3.63) is 29.6 Å². The van der Waals surface area contributed by atoms with E-state index in [1.807, 2.05) is 11.5 Å². The van der Waals surface area contributed by atoms with Gasteiger partial charge >= 0.3 is 0 Å². The maximum absolute atomic E-state index is 13.1. The van der Waals surface area contributed by atoms with Gasteiger partial charge in [0.15, 0.2) is 11.6 Å². The van der Waals surface area contributed by atoms with Gasteiger partial charge in [0.25, 0.3) is 0 Å². The van der Waals surface area contributed by atoms with Crippen molar-refractivity contribution in [1.82, 2.24) is 9.55 Å². The molecule has 2 aromatic rings. The smallest absolute Gasteiger partial charge is 0.161 e. The highest BCUT2D eigenvalue weighted by molar-refractivity contribution is 5.76. The molecule has 1 fully saturated rings. The quantitative estimate of drug-likeness (QED) is 0.704. The molecule has 2 nitrogen and oxygen atoms in total. The Kier molecular flexibility index (Phi) is 1.63. The molecule has 0 atom stereocenters. The van der Waals surface area contributed by atoms with Gasteiger partial charge in [0.2, 0.25) is 0 Å². The molecule has 0 spiro atoms. The Hall–Kier alpha value is -1.45. The molecule has 0 bridgehead atoms. The van der Waals surface area contributed by atoms with Gasteiger partial charge in [-0.1, -0.05) is 0 Å². The molecule has 4 heteroatoms. The van der Waals surface area contributed by atoms with Gasteiger partial charge in [0.1, 0.15) is 5.82 Å². The molecular weight excluding hydrogens is 198 g/mol.